The fraction of sp³-hybridized carbons (Fsp3) is 0.541. The van der Waals surface area contributed by atoms with E-state index in [1.807, 2.05) is 37.3 Å². The highest BCUT2D eigenvalue weighted by Gasteiger charge is 2.62. The second-order valence-corrected chi connectivity index (χ2v) is 13.8. The van der Waals surface area contributed by atoms with Crippen LogP contribution in [0.25, 0.3) is 10.9 Å². The lowest BCUT2D eigenvalue weighted by Gasteiger charge is -2.29. The van der Waals surface area contributed by atoms with Crippen molar-refractivity contribution in [3.8, 4) is 5.75 Å². The van der Waals surface area contributed by atoms with Crippen LogP contribution in [0.2, 0.25) is 0 Å². The number of amides is 3. The van der Waals surface area contributed by atoms with E-state index in [9.17, 15) is 24.0 Å². The summed E-state index contributed by atoms with van der Waals surface area (Å²) in [5.74, 6) is -2.02. The van der Waals surface area contributed by atoms with Crippen LogP contribution in [0.3, 0.4) is 0 Å². The number of alkyl carbamates (subject to hydrolysis) is 1. The van der Waals surface area contributed by atoms with E-state index in [2.05, 4.69) is 15.6 Å². The highest BCUT2D eigenvalue weighted by atomic mass is 16.6. The van der Waals surface area contributed by atoms with E-state index < -0.39 is 53.4 Å². The van der Waals surface area contributed by atoms with Gasteiger partial charge in [-0.05, 0) is 69.9 Å². The molecule has 3 N–H and O–H groups in total. The normalized spacial score (nSPS) is 27.9. The first kappa shape index (κ1) is 35.0. The molecule has 4 aliphatic rings. The van der Waals surface area contributed by atoms with E-state index in [0.29, 0.717) is 42.1 Å². The average molecular weight is 688 g/mol. The molecule has 3 heterocycles. The van der Waals surface area contributed by atoms with E-state index in [4.69, 9.17) is 19.6 Å². The summed E-state index contributed by atoms with van der Waals surface area (Å²) < 4.78 is 17.3. The van der Waals surface area contributed by atoms with Gasteiger partial charge in [0.2, 0.25) is 17.6 Å². The number of esters is 1. The van der Waals surface area contributed by atoms with Crippen LogP contribution in [0, 0.1) is 18.3 Å². The number of para-hydroxylation sites is 1. The Kier molecular flexibility index (Phi) is 10.5. The lowest BCUT2D eigenvalue weighted by Crippen LogP contribution is -2.56. The zero-order chi connectivity index (χ0) is 35.4. The van der Waals surface area contributed by atoms with Gasteiger partial charge in [-0.2, -0.15) is 0 Å². The lowest BCUT2D eigenvalue weighted by atomic mass is 10.0. The number of allylic oxidation sites excluding steroid dienone is 1. The van der Waals surface area contributed by atoms with E-state index >= 15 is 0 Å². The summed E-state index contributed by atoms with van der Waals surface area (Å²) in [4.78, 5) is 73.1. The van der Waals surface area contributed by atoms with Crippen molar-refractivity contribution in [1.82, 2.24) is 20.5 Å². The van der Waals surface area contributed by atoms with Crippen LogP contribution >= 0.6 is 0 Å². The molecule has 13 heteroatoms. The zero-order valence-corrected chi connectivity index (χ0v) is 28.6. The summed E-state index contributed by atoms with van der Waals surface area (Å²) in [6, 6.07) is 5.01. The average Bonchev–Trinajstić information content (AvgIpc) is 3.38. The molecular weight excluding hydrogens is 642 g/mol. The molecule has 2 saturated carbocycles. The SMILES string of the molecule is COC(=O)[C@@]12CC1/C=C\CCCCC[C@H](NC(=O)OC1CCCC1)C(=O)N1C[C@H](Oc3cc(C(=O)C=N)nc4c(C)cccc34)C[C@H]1C(=O)N2. The van der Waals surface area contributed by atoms with Gasteiger partial charge in [-0.15, -0.1) is 0 Å². The number of hydrogen-bond donors (Lipinski definition) is 3. The number of rotatable bonds is 7. The summed E-state index contributed by atoms with van der Waals surface area (Å²) >= 11 is 0. The largest absolute Gasteiger partial charge is 0.488 e. The molecule has 0 spiro atoms. The molecule has 0 radical (unpaired) electrons. The van der Waals surface area contributed by atoms with Crippen LogP contribution < -0.4 is 15.4 Å². The van der Waals surface area contributed by atoms with Crippen molar-refractivity contribution < 1.29 is 38.2 Å². The third-order valence-electron chi connectivity index (χ3n) is 10.3. The van der Waals surface area contributed by atoms with Crippen LogP contribution in [-0.4, -0.2) is 89.2 Å². The molecule has 2 aliphatic heterocycles. The highest BCUT2D eigenvalue weighted by molar-refractivity contribution is 6.34. The number of benzene rings is 1. The van der Waals surface area contributed by atoms with Gasteiger partial charge in [0.15, 0.2) is 0 Å². The molecule has 6 rings (SSSR count). The topological polar surface area (TPSA) is 177 Å². The van der Waals surface area contributed by atoms with Crippen LogP contribution in [-0.2, 0) is 23.9 Å². The second kappa shape index (κ2) is 15.0. The molecule has 1 aromatic heterocycles. The molecule has 3 amide bonds. The Labute approximate surface area is 291 Å². The van der Waals surface area contributed by atoms with Gasteiger partial charge in [0.25, 0.3) is 0 Å². The van der Waals surface area contributed by atoms with Crippen molar-refractivity contribution >= 4 is 46.8 Å². The Hall–Kier alpha value is -4.81. The summed E-state index contributed by atoms with van der Waals surface area (Å²) in [6.45, 7) is 1.86. The first-order chi connectivity index (χ1) is 24.1. The number of carbonyl (C=O) groups is 5. The van der Waals surface area contributed by atoms with Crippen molar-refractivity contribution in [1.29, 1.82) is 5.41 Å². The minimum absolute atomic E-state index is 0.00477. The summed E-state index contributed by atoms with van der Waals surface area (Å²) in [7, 11) is 1.28. The number of methoxy groups -OCH3 is 1. The number of nitrogens with zero attached hydrogens (tertiary/aromatic N) is 2. The Morgan fingerprint density at radius 1 is 1.08 bits per heavy atom. The maximum Gasteiger partial charge on any atom is 0.408 e. The van der Waals surface area contributed by atoms with Gasteiger partial charge in [-0.3, -0.25) is 14.4 Å². The number of aryl methyl sites for hydroxylation is 1. The summed E-state index contributed by atoms with van der Waals surface area (Å²) in [6.07, 6.45) is 10.6. The molecule has 50 heavy (non-hydrogen) atoms. The molecule has 2 aromatic rings. The Balaban J connectivity index is 1.32. The number of nitrogens with one attached hydrogen (secondary N) is 3. The smallest absolute Gasteiger partial charge is 0.408 e. The van der Waals surface area contributed by atoms with E-state index in [0.717, 1.165) is 50.5 Å². The van der Waals surface area contributed by atoms with Crippen molar-refractivity contribution in [3.63, 3.8) is 0 Å². The number of hydrogen-bond acceptors (Lipinski definition) is 10. The first-order valence-corrected chi connectivity index (χ1v) is 17.6. The van der Waals surface area contributed by atoms with Crippen molar-refractivity contribution in [2.75, 3.05) is 13.7 Å². The molecule has 1 unspecified atom stereocenters. The monoisotopic (exact) mass is 687 g/mol. The Bertz CT molecular complexity index is 1700. The number of carbonyl (C=O) groups excluding carboxylic acids is 5. The van der Waals surface area contributed by atoms with Crippen molar-refractivity contribution in [2.24, 2.45) is 5.92 Å². The molecule has 2 aliphatic carbocycles. The standard InChI is InChI=1S/C37H45N5O8/c1-22-11-10-15-26-31(18-28(30(43)20-38)39-32(22)26)49-25-17-29-33(44)41-37(35(46)48-2)19-23(37)12-6-4-3-5-7-16-27(34(45)42(29)21-25)40-36(47)50-24-13-8-9-14-24/h6,10-12,15,18,20,23-25,27,29,38H,3-5,7-9,13-14,16-17,19,21H2,1-2H3,(H,40,47)(H,41,44)/b12-6-,38-20?/t23?,25-,27+,29+,37-/m1/s1. The lowest BCUT2D eigenvalue weighted by molar-refractivity contribution is -0.148. The van der Waals surface area contributed by atoms with Gasteiger partial charge in [0, 0.05) is 23.8 Å². The predicted octanol–water partition coefficient (Wildman–Crippen LogP) is 4.33. The van der Waals surface area contributed by atoms with Crippen LogP contribution in [0.15, 0.2) is 36.4 Å². The molecule has 266 valence electrons. The van der Waals surface area contributed by atoms with Crippen molar-refractivity contribution in [2.45, 2.75) is 107 Å². The predicted molar refractivity (Wildman–Crippen MR) is 183 cm³/mol. The quantitative estimate of drug-likeness (QED) is 0.166. The number of fused-ring (bicyclic) bond motifs is 3. The van der Waals surface area contributed by atoms with Crippen LogP contribution in [0.5, 0.6) is 5.75 Å². The zero-order valence-electron chi connectivity index (χ0n) is 28.6. The molecule has 13 nitrogen and oxygen atoms in total. The number of ketones is 1. The number of pyridine rings is 1. The van der Waals surface area contributed by atoms with Gasteiger partial charge in [0.05, 0.1) is 25.4 Å². The summed E-state index contributed by atoms with van der Waals surface area (Å²) in [5.41, 5.74) is 0.144. The van der Waals surface area contributed by atoms with Crippen molar-refractivity contribution in [3.05, 3.63) is 47.7 Å². The minimum Gasteiger partial charge on any atom is -0.488 e. The third kappa shape index (κ3) is 7.36. The van der Waals surface area contributed by atoms with Gasteiger partial charge >= 0.3 is 12.1 Å². The van der Waals surface area contributed by atoms with Gasteiger partial charge < -0.3 is 35.2 Å². The van der Waals surface area contributed by atoms with Crippen LogP contribution in [0.1, 0.15) is 86.7 Å². The molecule has 3 fully saturated rings. The molecule has 0 bridgehead atoms. The molecular formula is C37H45N5O8. The van der Waals surface area contributed by atoms with Crippen LogP contribution in [0.4, 0.5) is 4.79 Å². The first-order valence-electron chi connectivity index (χ1n) is 17.6. The van der Waals surface area contributed by atoms with E-state index in [1.165, 1.54) is 18.1 Å². The molecule has 5 atom stereocenters. The van der Waals surface area contributed by atoms with Gasteiger partial charge in [-0.1, -0.05) is 37.1 Å². The Morgan fingerprint density at radius 3 is 2.62 bits per heavy atom. The Morgan fingerprint density at radius 2 is 1.86 bits per heavy atom. The highest BCUT2D eigenvalue weighted by Crippen LogP contribution is 2.46. The molecule has 1 aromatic carbocycles. The maximum atomic E-state index is 14.4. The van der Waals surface area contributed by atoms with Gasteiger partial charge in [0.1, 0.15) is 41.3 Å². The maximum absolute atomic E-state index is 14.4. The number of ether oxygens (including phenoxy) is 3. The number of Topliss-reactive ketones (excluding diaryl/α,β-unsaturated/α-hetero) is 1. The number of aromatic nitrogens is 1. The van der Waals surface area contributed by atoms with E-state index in [-0.39, 0.29) is 30.7 Å². The van der Waals surface area contributed by atoms with Gasteiger partial charge in [-0.25, -0.2) is 14.6 Å². The molecule has 1 saturated heterocycles. The minimum atomic E-state index is -1.24. The van der Waals surface area contributed by atoms with E-state index in [1.54, 1.807) is 0 Å². The summed E-state index contributed by atoms with van der Waals surface area (Å²) in [5, 5.41) is 13.9. The third-order valence-corrected chi connectivity index (χ3v) is 10.3. The second-order valence-electron chi connectivity index (χ2n) is 13.8. The fourth-order valence-electron chi connectivity index (χ4n) is 7.49. The fourth-order valence-corrected chi connectivity index (χ4v) is 7.49.